The van der Waals surface area contributed by atoms with Crippen molar-refractivity contribution in [3.05, 3.63) is 18.5 Å². The Morgan fingerprint density at radius 2 is 1.88 bits per heavy atom. The normalized spacial score (nSPS) is 22.4. The third-order valence-corrected chi connectivity index (χ3v) is 5.43. The summed E-state index contributed by atoms with van der Waals surface area (Å²) in [5.41, 5.74) is 0.673. The molecule has 2 aliphatic rings. The van der Waals surface area contributed by atoms with E-state index in [-0.39, 0.29) is 5.91 Å². The lowest BCUT2D eigenvalue weighted by Gasteiger charge is -2.32. The summed E-state index contributed by atoms with van der Waals surface area (Å²) in [5, 5.41) is 6.24. The van der Waals surface area contributed by atoms with Crippen molar-refractivity contribution >= 4 is 24.2 Å². The first-order valence-corrected chi connectivity index (χ1v) is 9.30. The highest BCUT2D eigenvalue weighted by Crippen LogP contribution is 2.36. The average Bonchev–Trinajstić information content (AvgIpc) is 2.82. The van der Waals surface area contributed by atoms with E-state index in [1.165, 1.54) is 0 Å². The van der Waals surface area contributed by atoms with Gasteiger partial charge in [0, 0.05) is 50.8 Å². The van der Waals surface area contributed by atoms with Crippen LogP contribution < -0.4 is 16.1 Å². The molecule has 142 valence electrons. The van der Waals surface area contributed by atoms with Crippen LogP contribution in [0.4, 0.5) is 5.69 Å². The van der Waals surface area contributed by atoms with E-state index in [4.69, 9.17) is 9.31 Å². The summed E-state index contributed by atoms with van der Waals surface area (Å²) < 4.78 is 12.1. The molecule has 8 heteroatoms. The Hall–Kier alpha value is -1.48. The Morgan fingerprint density at radius 1 is 1.23 bits per heavy atom. The van der Waals surface area contributed by atoms with Crippen LogP contribution in [0.25, 0.3) is 0 Å². The van der Waals surface area contributed by atoms with Gasteiger partial charge >= 0.3 is 7.12 Å². The van der Waals surface area contributed by atoms with E-state index < -0.39 is 18.3 Å². The van der Waals surface area contributed by atoms with E-state index in [2.05, 4.69) is 20.5 Å². The molecule has 0 atom stereocenters. The molecular formula is C18H29BN4O3. The van der Waals surface area contributed by atoms with Crippen LogP contribution in [0.15, 0.2) is 18.5 Å². The number of hydrogen-bond acceptors (Lipinski definition) is 6. The van der Waals surface area contributed by atoms with Crippen molar-refractivity contribution in [1.29, 1.82) is 0 Å². The Kier molecular flexibility index (Phi) is 5.67. The van der Waals surface area contributed by atoms with Crippen LogP contribution in [0.3, 0.4) is 0 Å². The molecule has 0 radical (unpaired) electrons. The summed E-state index contributed by atoms with van der Waals surface area (Å²) in [6, 6.07) is 1.87. The van der Waals surface area contributed by atoms with Crippen LogP contribution in [0.2, 0.25) is 0 Å². The number of rotatable bonds is 5. The van der Waals surface area contributed by atoms with Crippen molar-refractivity contribution in [3.8, 4) is 0 Å². The molecule has 3 heterocycles. The summed E-state index contributed by atoms with van der Waals surface area (Å²) in [5.74, 6) is -0.00333. The molecule has 0 spiro atoms. The third-order valence-electron chi connectivity index (χ3n) is 5.43. The quantitative estimate of drug-likeness (QED) is 0.750. The summed E-state index contributed by atoms with van der Waals surface area (Å²) in [4.78, 5) is 18.8. The standard InChI is InChI=1S/C18H29BN4O3/c1-17(2)18(3,4)26-19(25-17)14-11-15(13-21-12-14)22-16(24)5-8-23-9-6-20-7-10-23/h11-13,20H,5-10H2,1-4H3,(H,22,24). The largest absolute Gasteiger partial charge is 0.496 e. The molecule has 2 saturated heterocycles. The first-order valence-electron chi connectivity index (χ1n) is 9.30. The van der Waals surface area contributed by atoms with Crippen LogP contribution in [0.1, 0.15) is 34.1 Å². The lowest BCUT2D eigenvalue weighted by atomic mass is 9.80. The third kappa shape index (κ3) is 4.43. The van der Waals surface area contributed by atoms with E-state index in [0.29, 0.717) is 12.1 Å². The molecule has 1 aromatic heterocycles. The predicted octanol–water partition coefficient (Wildman–Crippen LogP) is 0.615. The molecule has 0 unspecified atom stereocenters. The molecular weight excluding hydrogens is 331 g/mol. The number of anilines is 1. The van der Waals surface area contributed by atoms with Gasteiger partial charge in [-0.15, -0.1) is 0 Å². The fourth-order valence-electron chi connectivity index (χ4n) is 3.05. The van der Waals surface area contributed by atoms with Crippen molar-refractivity contribution < 1.29 is 14.1 Å². The van der Waals surface area contributed by atoms with E-state index in [0.717, 1.165) is 38.2 Å². The Balaban J connectivity index is 1.56. The van der Waals surface area contributed by atoms with Gasteiger partial charge in [0.2, 0.25) is 5.91 Å². The minimum atomic E-state index is -0.481. The van der Waals surface area contributed by atoms with Gasteiger partial charge in [-0.3, -0.25) is 9.78 Å². The van der Waals surface area contributed by atoms with Crippen LogP contribution in [-0.2, 0) is 14.1 Å². The fraction of sp³-hybridized carbons (Fsp3) is 0.667. The molecule has 2 N–H and O–H groups in total. The molecule has 0 aromatic carbocycles. The maximum Gasteiger partial charge on any atom is 0.496 e. The molecule has 26 heavy (non-hydrogen) atoms. The monoisotopic (exact) mass is 360 g/mol. The summed E-state index contributed by atoms with van der Waals surface area (Å²) in [6.07, 6.45) is 3.84. The van der Waals surface area contributed by atoms with Gasteiger partial charge in [-0.1, -0.05) is 0 Å². The molecule has 2 fully saturated rings. The highest BCUT2D eigenvalue weighted by Gasteiger charge is 2.51. The van der Waals surface area contributed by atoms with Crippen molar-refractivity contribution in [2.45, 2.75) is 45.3 Å². The lowest BCUT2D eigenvalue weighted by molar-refractivity contribution is -0.116. The lowest BCUT2D eigenvalue weighted by Crippen LogP contribution is -2.44. The van der Waals surface area contributed by atoms with Gasteiger partial charge in [0.1, 0.15) is 0 Å². The number of nitrogens with zero attached hydrogens (tertiary/aromatic N) is 2. The number of aromatic nitrogens is 1. The van der Waals surface area contributed by atoms with Gasteiger partial charge in [0.15, 0.2) is 0 Å². The van der Waals surface area contributed by atoms with Crippen molar-refractivity contribution in [2.75, 3.05) is 38.0 Å². The zero-order chi connectivity index (χ0) is 18.8. The van der Waals surface area contributed by atoms with Gasteiger partial charge in [-0.05, 0) is 33.8 Å². The fourth-order valence-corrected chi connectivity index (χ4v) is 3.05. The second-order valence-electron chi connectivity index (χ2n) is 7.99. The molecule has 0 saturated carbocycles. The smallest absolute Gasteiger partial charge is 0.399 e. The maximum atomic E-state index is 12.3. The highest BCUT2D eigenvalue weighted by atomic mass is 16.7. The van der Waals surface area contributed by atoms with Crippen LogP contribution in [0, 0.1) is 0 Å². The van der Waals surface area contributed by atoms with Gasteiger partial charge in [-0.2, -0.15) is 0 Å². The van der Waals surface area contributed by atoms with Crippen LogP contribution in [0.5, 0.6) is 0 Å². The molecule has 2 aliphatic heterocycles. The number of carbonyl (C=O) groups is 1. The summed E-state index contributed by atoms with van der Waals surface area (Å²) in [6.45, 7) is 12.8. The van der Waals surface area contributed by atoms with E-state index in [1.807, 2.05) is 33.8 Å². The summed E-state index contributed by atoms with van der Waals surface area (Å²) in [7, 11) is -0.481. The van der Waals surface area contributed by atoms with Gasteiger partial charge in [-0.25, -0.2) is 0 Å². The molecule has 0 aliphatic carbocycles. The van der Waals surface area contributed by atoms with Crippen LogP contribution in [-0.4, -0.2) is 66.8 Å². The SMILES string of the molecule is CC1(C)OB(c2cncc(NC(=O)CCN3CCNCC3)c2)OC1(C)C. The van der Waals surface area contributed by atoms with Gasteiger partial charge in [0.25, 0.3) is 0 Å². The first-order chi connectivity index (χ1) is 12.3. The Labute approximate surface area is 156 Å². The van der Waals surface area contributed by atoms with Crippen LogP contribution >= 0.6 is 0 Å². The molecule has 1 aromatic rings. The highest BCUT2D eigenvalue weighted by molar-refractivity contribution is 6.62. The minimum Gasteiger partial charge on any atom is -0.399 e. The van der Waals surface area contributed by atoms with Gasteiger partial charge < -0.3 is 24.8 Å². The maximum absolute atomic E-state index is 12.3. The molecule has 7 nitrogen and oxygen atoms in total. The Morgan fingerprint density at radius 3 is 2.54 bits per heavy atom. The second kappa shape index (κ2) is 7.64. The number of piperazine rings is 1. The zero-order valence-corrected chi connectivity index (χ0v) is 16.2. The average molecular weight is 360 g/mol. The first kappa shape index (κ1) is 19.3. The number of amides is 1. The molecule has 0 bridgehead atoms. The number of nitrogens with one attached hydrogen (secondary N) is 2. The van der Waals surface area contributed by atoms with Crippen molar-refractivity contribution in [2.24, 2.45) is 0 Å². The number of pyridine rings is 1. The Bertz CT molecular complexity index is 631. The van der Waals surface area contributed by atoms with E-state index in [9.17, 15) is 4.79 Å². The zero-order valence-electron chi connectivity index (χ0n) is 16.2. The second-order valence-corrected chi connectivity index (χ2v) is 7.99. The van der Waals surface area contributed by atoms with E-state index >= 15 is 0 Å². The van der Waals surface area contributed by atoms with Crippen molar-refractivity contribution in [1.82, 2.24) is 15.2 Å². The predicted molar refractivity (Wildman–Crippen MR) is 103 cm³/mol. The molecule has 1 amide bonds. The topological polar surface area (TPSA) is 75.7 Å². The van der Waals surface area contributed by atoms with Gasteiger partial charge in [0.05, 0.1) is 23.1 Å². The number of hydrogen-bond donors (Lipinski definition) is 2. The minimum absolute atomic E-state index is 0.00333. The molecule has 3 rings (SSSR count). The number of carbonyl (C=O) groups excluding carboxylic acids is 1. The summed E-state index contributed by atoms with van der Waals surface area (Å²) >= 11 is 0. The van der Waals surface area contributed by atoms with Crippen molar-refractivity contribution in [3.63, 3.8) is 0 Å². The van der Waals surface area contributed by atoms with E-state index in [1.54, 1.807) is 12.4 Å².